The molecule has 100 valence electrons. The molecule has 0 heterocycles. The first kappa shape index (κ1) is 13.2. The van der Waals surface area contributed by atoms with E-state index in [-0.39, 0.29) is 17.1 Å². The summed E-state index contributed by atoms with van der Waals surface area (Å²) in [5.74, 6) is -0.822. The fourth-order valence-corrected chi connectivity index (χ4v) is 2.79. The number of benzene rings is 1. The number of carboxylic acid groups (broad SMARTS) is 1. The molecular weight excluding hydrogens is 246 g/mol. The number of rotatable bonds is 3. The van der Waals surface area contributed by atoms with Gasteiger partial charge in [-0.25, -0.2) is 0 Å². The molecule has 0 bridgehead atoms. The minimum atomic E-state index is -1.08. The lowest BCUT2D eigenvalue weighted by Gasteiger charge is -2.25. The van der Waals surface area contributed by atoms with E-state index in [0.29, 0.717) is 18.4 Å². The van der Waals surface area contributed by atoms with Gasteiger partial charge in [0, 0.05) is 11.6 Å². The molecule has 0 aromatic heterocycles. The SMILES string of the molecule is COc1cc(O)c(C2(C(=O)O)CCCC2)cc1C#N. The summed E-state index contributed by atoms with van der Waals surface area (Å²) in [6.45, 7) is 0. The maximum atomic E-state index is 11.6. The standard InChI is InChI=1S/C14H15NO4/c1-19-12-7-11(16)10(6-9(12)8-15)14(13(17)18)4-2-3-5-14/h6-7,16H,2-5H2,1H3,(H,17,18). The second-order valence-corrected chi connectivity index (χ2v) is 4.78. The molecule has 0 atom stereocenters. The van der Waals surface area contributed by atoms with Gasteiger partial charge in [0.05, 0.1) is 18.1 Å². The van der Waals surface area contributed by atoms with Crippen molar-refractivity contribution in [1.29, 1.82) is 5.26 Å². The maximum Gasteiger partial charge on any atom is 0.314 e. The molecule has 0 saturated heterocycles. The molecule has 0 radical (unpaired) electrons. The van der Waals surface area contributed by atoms with Crippen LogP contribution in [0.1, 0.15) is 36.8 Å². The summed E-state index contributed by atoms with van der Waals surface area (Å²) < 4.78 is 5.00. The number of aliphatic carboxylic acids is 1. The smallest absolute Gasteiger partial charge is 0.314 e. The monoisotopic (exact) mass is 261 g/mol. The third-order valence-electron chi connectivity index (χ3n) is 3.82. The zero-order chi connectivity index (χ0) is 14.0. The van der Waals surface area contributed by atoms with Gasteiger partial charge in [0.15, 0.2) is 0 Å². The van der Waals surface area contributed by atoms with Crippen molar-refractivity contribution in [2.75, 3.05) is 7.11 Å². The van der Waals surface area contributed by atoms with Crippen molar-refractivity contribution in [1.82, 2.24) is 0 Å². The van der Waals surface area contributed by atoms with E-state index < -0.39 is 11.4 Å². The predicted molar refractivity (Wildman–Crippen MR) is 67.2 cm³/mol. The molecule has 0 aliphatic heterocycles. The predicted octanol–water partition coefficient (Wildman–Crippen LogP) is 2.17. The number of hydrogen-bond acceptors (Lipinski definition) is 4. The molecule has 2 N–H and O–H groups in total. The number of phenols is 1. The average molecular weight is 261 g/mol. The quantitative estimate of drug-likeness (QED) is 0.870. The second-order valence-electron chi connectivity index (χ2n) is 4.78. The van der Waals surface area contributed by atoms with Gasteiger partial charge < -0.3 is 14.9 Å². The van der Waals surface area contributed by atoms with Crippen LogP contribution in [0.5, 0.6) is 11.5 Å². The summed E-state index contributed by atoms with van der Waals surface area (Å²) >= 11 is 0. The third-order valence-corrected chi connectivity index (χ3v) is 3.82. The molecule has 1 fully saturated rings. The van der Waals surface area contributed by atoms with Gasteiger partial charge in [-0.05, 0) is 18.9 Å². The van der Waals surface area contributed by atoms with Crippen molar-refractivity contribution >= 4 is 5.97 Å². The van der Waals surface area contributed by atoms with Crippen molar-refractivity contribution in [2.45, 2.75) is 31.1 Å². The third kappa shape index (κ3) is 1.99. The number of ether oxygens (including phenoxy) is 1. The Bertz CT molecular complexity index is 553. The summed E-state index contributed by atoms with van der Waals surface area (Å²) in [6, 6.07) is 4.72. The van der Waals surface area contributed by atoms with Crippen LogP contribution in [0.15, 0.2) is 12.1 Å². The highest BCUT2D eigenvalue weighted by Crippen LogP contribution is 2.46. The van der Waals surface area contributed by atoms with Crippen LogP contribution >= 0.6 is 0 Å². The molecular formula is C14H15NO4. The lowest BCUT2D eigenvalue weighted by atomic mass is 9.78. The largest absolute Gasteiger partial charge is 0.507 e. The molecule has 1 aromatic carbocycles. The summed E-state index contributed by atoms with van der Waals surface area (Å²) in [5, 5.41) is 28.6. The number of nitrogens with zero attached hydrogens (tertiary/aromatic N) is 1. The van der Waals surface area contributed by atoms with E-state index in [1.807, 2.05) is 6.07 Å². The zero-order valence-electron chi connectivity index (χ0n) is 10.6. The van der Waals surface area contributed by atoms with Crippen LogP contribution in [0, 0.1) is 11.3 Å². The lowest BCUT2D eigenvalue weighted by molar-refractivity contribution is -0.143. The van der Waals surface area contributed by atoms with Gasteiger partial charge in [0.25, 0.3) is 0 Å². The Morgan fingerprint density at radius 2 is 2.05 bits per heavy atom. The molecule has 1 saturated carbocycles. The van der Waals surface area contributed by atoms with Crippen LogP contribution in [0.25, 0.3) is 0 Å². The fraction of sp³-hybridized carbons (Fsp3) is 0.429. The maximum absolute atomic E-state index is 11.6. The number of carboxylic acids is 1. The van der Waals surface area contributed by atoms with E-state index in [1.54, 1.807) is 0 Å². The molecule has 1 aliphatic carbocycles. The Morgan fingerprint density at radius 1 is 1.42 bits per heavy atom. The number of nitriles is 1. The van der Waals surface area contributed by atoms with Crippen molar-refractivity contribution < 1.29 is 19.7 Å². The molecule has 0 unspecified atom stereocenters. The van der Waals surface area contributed by atoms with Gasteiger partial charge in [-0.3, -0.25) is 4.79 Å². The Labute approximate surface area is 111 Å². The van der Waals surface area contributed by atoms with Crippen molar-refractivity contribution in [3.05, 3.63) is 23.3 Å². The van der Waals surface area contributed by atoms with Crippen LogP contribution < -0.4 is 4.74 Å². The summed E-state index contributed by atoms with van der Waals surface area (Å²) in [7, 11) is 1.40. The average Bonchev–Trinajstić information content (AvgIpc) is 2.88. The van der Waals surface area contributed by atoms with Crippen molar-refractivity contribution in [2.24, 2.45) is 0 Å². The first-order valence-corrected chi connectivity index (χ1v) is 6.10. The van der Waals surface area contributed by atoms with Crippen molar-refractivity contribution in [3.8, 4) is 17.6 Å². The molecule has 1 aromatic rings. The van der Waals surface area contributed by atoms with Gasteiger partial charge in [-0.15, -0.1) is 0 Å². The number of methoxy groups -OCH3 is 1. The Hall–Kier alpha value is -2.22. The van der Waals surface area contributed by atoms with E-state index >= 15 is 0 Å². The zero-order valence-corrected chi connectivity index (χ0v) is 10.6. The second kappa shape index (κ2) is 4.81. The highest BCUT2D eigenvalue weighted by molar-refractivity contribution is 5.83. The Kier molecular flexibility index (Phi) is 3.34. The highest BCUT2D eigenvalue weighted by atomic mass is 16.5. The fourth-order valence-electron chi connectivity index (χ4n) is 2.79. The minimum Gasteiger partial charge on any atom is -0.507 e. The van der Waals surface area contributed by atoms with E-state index in [9.17, 15) is 15.0 Å². The Balaban J connectivity index is 2.62. The van der Waals surface area contributed by atoms with E-state index in [4.69, 9.17) is 10.00 Å². The number of hydrogen-bond donors (Lipinski definition) is 2. The van der Waals surface area contributed by atoms with Crippen LogP contribution in [0.4, 0.5) is 0 Å². The molecule has 2 rings (SSSR count). The summed E-state index contributed by atoms with van der Waals surface area (Å²) in [4.78, 5) is 11.6. The summed E-state index contributed by atoms with van der Waals surface area (Å²) in [5.41, 5.74) is -0.528. The molecule has 5 nitrogen and oxygen atoms in total. The first-order chi connectivity index (χ1) is 9.05. The normalized spacial score (nSPS) is 16.8. The van der Waals surface area contributed by atoms with Gasteiger partial charge in [0.2, 0.25) is 0 Å². The van der Waals surface area contributed by atoms with Gasteiger partial charge in [-0.1, -0.05) is 12.8 Å². The van der Waals surface area contributed by atoms with Gasteiger partial charge in [0.1, 0.15) is 17.6 Å². The lowest BCUT2D eigenvalue weighted by Crippen LogP contribution is -2.32. The molecule has 0 amide bonds. The summed E-state index contributed by atoms with van der Waals surface area (Å²) in [6.07, 6.45) is 2.57. The number of phenolic OH excluding ortho intramolecular Hbond substituents is 1. The molecule has 19 heavy (non-hydrogen) atoms. The van der Waals surface area contributed by atoms with Crippen molar-refractivity contribution in [3.63, 3.8) is 0 Å². The number of aromatic hydroxyl groups is 1. The molecule has 5 heteroatoms. The topological polar surface area (TPSA) is 90.6 Å². The highest BCUT2D eigenvalue weighted by Gasteiger charge is 2.45. The van der Waals surface area contributed by atoms with Gasteiger partial charge in [-0.2, -0.15) is 5.26 Å². The van der Waals surface area contributed by atoms with E-state index in [1.165, 1.54) is 19.2 Å². The minimum absolute atomic E-state index is 0.125. The van der Waals surface area contributed by atoms with Crippen LogP contribution in [0.2, 0.25) is 0 Å². The van der Waals surface area contributed by atoms with E-state index in [2.05, 4.69) is 0 Å². The molecule has 1 aliphatic rings. The Morgan fingerprint density at radius 3 is 2.53 bits per heavy atom. The van der Waals surface area contributed by atoms with Crippen LogP contribution in [0.3, 0.4) is 0 Å². The number of carbonyl (C=O) groups is 1. The first-order valence-electron chi connectivity index (χ1n) is 6.10. The van der Waals surface area contributed by atoms with Gasteiger partial charge >= 0.3 is 5.97 Å². The van der Waals surface area contributed by atoms with E-state index in [0.717, 1.165) is 12.8 Å². The van der Waals surface area contributed by atoms with Crippen LogP contribution in [-0.4, -0.2) is 23.3 Å². The molecule has 0 spiro atoms. The van der Waals surface area contributed by atoms with Crippen LogP contribution in [-0.2, 0) is 10.2 Å².